The molecule has 0 bridgehead atoms. The first kappa shape index (κ1) is 8.76. The van der Waals surface area contributed by atoms with Crippen LogP contribution in [0.15, 0.2) is 18.5 Å². The zero-order valence-electron chi connectivity index (χ0n) is 7.73. The van der Waals surface area contributed by atoms with Crippen LogP contribution in [0.3, 0.4) is 0 Å². The van der Waals surface area contributed by atoms with Crippen LogP contribution in [0.2, 0.25) is 0 Å². The highest BCUT2D eigenvalue weighted by atomic mass is 15.5. The molecule has 0 unspecified atom stereocenters. The SMILES string of the molecule is CNCc1cncc(-c2nn[nH]n2)c1. The van der Waals surface area contributed by atoms with E-state index in [1.165, 1.54) is 0 Å². The van der Waals surface area contributed by atoms with Gasteiger partial charge in [0, 0.05) is 24.5 Å². The van der Waals surface area contributed by atoms with Crippen molar-refractivity contribution in [1.82, 2.24) is 30.9 Å². The summed E-state index contributed by atoms with van der Waals surface area (Å²) in [5, 5.41) is 16.7. The van der Waals surface area contributed by atoms with Crippen LogP contribution >= 0.6 is 0 Å². The molecule has 0 saturated carbocycles. The Hall–Kier alpha value is -1.82. The Morgan fingerprint density at radius 1 is 1.43 bits per heavy atom. The van der Waals surface area contributed by atoms with Crippen molar-refractivity contribution in [2.75, 3.05) is 7.05 Å². The van der Waals surface area contributed by atoms with E-state index in [4.69, 9.17) is 0 Å². The number of hydrogen-bond acceptors (Lipinski definition) is 5. The summed E-state index contributed by atoms with van der Waals surface area (Å²) in [6, 6.07) is 1.98. The van der Waals surface area contributed by atoms with Gasteiger partial charge in [0.2, 0.25) is 5.82 Å². The summed E-state index contributed by atoms with van der Waals surface area (Å²) in [6.07, 6.45) is 3.52. The average Bonchev–Trinajstić information content (AvgIpc) is 2.71. The molecule has 6 nitrogen and oxygen atoms in total. The van der Waals surface area contributed by atoms with Crippen LogP contribution in [-0.2, 0) is 6.54 Å². The lowest BCUT2D eigenvalue weighted by molar-refractivity contribution is 0.813. The summed E-state index contributed by atoms with van der Waals surface area (Å²) in [4.78, 5) is 4.10. The van der Waals surface area contributed by atoms with Gasteiger partial charge in [0.15, 0.2) is 0 Å². The van der Waals surface area contributed by atoms with Gasteiger partial charge < -0.3 is 5.32 Å². The van der Waals surface area contributed by atoms with Gasteiger partial charge in [-0.3, -0.25) is 4.98 Å². The molecule has 0 aliphatic carbocycles. The highest BCUT2D eigenvalue weighted by molar-refractivity contribution is 5.52. The van der Waals surface area contributed by atoms with Gasteiger partial charge in [0.05, 0.1) is 0 Å². The number of tetrazole rings is 1. The average molecular weight is 190 g/mol. The molecule has 0 atom stereocenters. The minimum absolute atomic E-state index is 0.565. The first-order chi connectivity index (χ1) is 6.90. The van der Waals surface area contributed by atoms with Crippen LogP contribution in [-0.4, -0.2) is 32.7 Å². The van der Waals surface area contributed by atoms with Crippen molar-refractivity contribution in [3.63, 3.8) is 0 Å². The van der Waals surface area contributed by atoms with E-state index in [0.717, 1.165) is 17.7 Å². The number of rotatable bonds is 3. The summed E-state index contributed by atoms with van der Waals surface area (Å²) < 4.78 is 0. The second-order valence-electron chi connectivity index (χ2n) is 2.85. The summed E-state index contributed by atoms with van der Waals surface area (Å²) in [6.45, 7) is 0.776. The van der Waals surface area contributed by atoms with Crippen LogP contribution in [0, 0.1) is 0 Å². The number of aromatic nitrogens is 5. The maximum Gasteiger partial charge on any atom is 0.206 e. The van der Waals surface area contributed by atoms with Crippen molar-refractivity contribution in [2.45, 2.75) is 6.54 Å². The first-order valence-electron chi connectivity index (χ1n) is 4.22. The van der Waals surface area contributed by atoms with E-state index in [2.05, 4.69) is 30.9 Å². The number of aromatic amines is 1. The maximum absolute atomic E-state index is 4.10. The van der Waals surface area contributed by atoms with Crippen LogP contribution in [0.5, 0.6) is 0 Å². The van der Waals surface area contributed by atoms with Gasteiger partial charge in [0.25, 0.3) is 0 Å². The molecule has 0 amide bonds. The fraction of sp³-hybridized carbons (Fsp3) is 0.250. The second-order valence-corrected chi connectivity index (χ2v) is 2.85. The zero-order chi connectivity index (χ0) is 9.80. The number of nitrogens with one attached hydrogen (secondary N) is 2. The number of hydrogen-bond donors (Lipinski definition) is 2. The maximum atomic E-state index is 4.10. The molecule has 14 heavy (non-hydrogen) atoms. The van der Waals surface area contributed by atoms with Crippen LogP contribution < -0.4 is 5.32 Å². The molecule has 2 N–H and O–H groups in total. The lowest BCUT2D eigenvalue weighted by Crippen LogP contribution is -2.05. The minimum atomic E-state index is 0.565. The van der Waals surface area contributed by atoms with E-state index >= 15 is 0 Å². The van der Waals surface area contributed by atoms with Gasteiger partial charge in [-0.25, -0.2) is 0 Å². The normalized spacial score (nSPS) is 10.4. The Bertz CT molecular complexity index is 396. The van der Waals surface area contributed by atoms with E-state index in [9.17, 15) is 0 Å². The van der Waals surface area contributed by atoms with Crippen molar-refractivity contribution in [3.05, 3.63) is 24.0 Å². The number of nitrogens with zero attached hydrogens (tertiary/aromatic N) is 4. The monoisotopic (exact) mass is 190 g/mol. The predicted molar refractivity (Wildman–Crippen MR) is 50.2 cm³/mol. The molecule has 0 radical (unpaired) electrons. The molecule has 2 aromatic heterocycles. The van der Waals surface area contributed by atoms with E-state index < -0.39 is 0 Å². The van der Waals surface area contributed by atoms with Gasteiger partial charge in [-0.15, -0.1) is 10.2 Å². The molecule has 0 saturated heterocycles. The van der Waals surface area contributed by atoms with Crippen molar-refractivity contribution < 1.29 is 0 Å². The van der Waals surface area contributed by atoms with Gasteiger partial charge in [-0.2, -0.15) is 5.21 Å². The Labute approximate surface area is 80.8 Å². The highest BCUT2D eigenvalue weighted by Gasteiger charge is 2.03. The number of pyridine rings is 1. The highest BCUT2D eigenvalue weighted by Crippen LogP contribution is 2.12. The molecule has 0 aliphatic heterocycles. The van der Waals surface area contributed by atoms with E-state index in [1.807, 2.05) is 13.1 Å². The summed E-state index contributed by atoms with van der Waals surface area (Å²) in [7, 11) is 1.89. The zero-order valence-corrected chi connectivity index (χ0v) is 7.73. The van der Waals surface area contributed by atoms with E-state index in [1.54, 1.807) is 12.4 Å². The third-order valence-electron chi connectivity index (χ3n) is 1.78. The second kappa shape index (κ2) is 3.93. The molecule has 0 aliphatic rings. The molecule has 0 aromatic carbocycles. The van der Waals surface area contributed by atoms with Gasteiger partial charge >= 0.3 is 0 Å². The molecular formula is C8H10N6. The predicted octanol–water partition coefficient (Wildman–Crippen LogP) is -0.0189. The first-order valence-corrected chi connectivity index (χ1v) is 4.22. The van der Waals surface area contributed by atoms with Gasteiger partial charge in [0.1, 0.15) is 0 Å². The van der Waals surface area contributed by atoms with Crippen molar-refractivity contribution in [3.8, 4) is 11.4 Å². The molecule has 2 heterocycles. The van der Waals surface area contributed by atoms with E-state index in [0.29, 0.717) is 5.82 Å². The van der Waals surface area contributed by atoms with Crippen LogP contribution in [0.1, 0.15) is 5.56 Å². The standard InChI is InChI=1S/C8H10N6/c1-9-3-6-2-7(5-10-4-6)8-11-13-14-12-8/h2,4-5,9H,3H2,1H3,(H,11,12,13,14). The Morgan fingerprint density at radius 3 is 3.07 bits per heavy atom. The molecule has 2 aromatic rings. The Morgan fingerprint density at radius 2 is 2.36 bits per heavy atom. The van der Waals surface area contributed by atoms with Crippen molar-refractivity contribution in [2.24, 2.45) is 0 Å². The number of H-pyrrole nitrogens is 1. The van der Waals surface area contributed by atoms with Crippen LogP contribution in [0.25, 0.3) is 11.4 Å². The summed E-state index contributed by atoms with van der Waals surface area (Å²) >= 11 is 0. The largest absolute Gasteiger partial charge is 0.316 e. The summed E-state index contributed by atoms with van der Waals surface area (Å²) in [5.41, 5.74) is 1.96. The molecule has 0 fully saturated rings. The van der Waals surface area contributed by atoms with Crippen molar-refractivity contribution in [1.29, 1.82) is 0 Å². The van der Waals surface area contributed by atoms with Gasteiger partial charge in [-0.05, 0) is 23.9 Å². The minimum Gasteiger partial charge on any atom is -0.316 e. The fourth-order valence-corrected chi connectivity index (χ4v) is 1.19. The van der Waals surface area contributed by atoms with Crippen LogP contribution in [0.4, 0.5) is 0 Å². The van der Waals surface area contributed by atoms with E-state index in [-0.39, 0.29) is 0 Å². The fourth-order valence-electron chi connectivity index (χ4n) is 1.19. The Kier molecular flexibility index (Phi) is 2.46. The quantitative estimate of drug-likeness (QED) is 0.711. The molecule has 2 rings (SSSR count). The molecule has 6 heteroatoms. The molecule has 0 spiro atoms. The van der Waals surface area contributed by atoms with Gasteiger partial charge in [-0.1, -0.05) is 0 Å². The van der Waals surface area contributed by atoms with Crippen molar-refractivity contribution >= 4 is 0 Å². The molecule has 72 valence electrons. The third kappa shape index (κ3) is 1.74. The Balaban J connectivity index is 2.31. The lowest BCUT2D eigenvalue weighted by Gasteiger charge is -2.00. The lowest BCUT2D eigenvalue weighted by atomic mass is 10.2. The smallest absolute Gasteiger partial charge is 0.206 e. The topological polar surface area (TPSA) is 79.4 Å². The molecular weight excluding hydrogens is 180 g/mol. The summed E-state index contributed by atoms with van der Waals surface area (Å²) in [5.74, 6) is 0.565. The third-order valence-corrected chi connectivity index (χ3v) is 1.78.